The molecule has 7 nitrogen and oxygen atoms in total. The highest BCUT2D eigenvalue weighted by atomic mass is 127. The average molecular weight is 511 g/mol. The zero-order valence-electron chi connectivity index (χ0n) is 17.0. The predicted octanol–water partition coefficient (Wildman–Crippen LogP) is 1.48. The Morgan fingerprint density at radius 2 is 1.70 bits per heavy atom. The maximum absolute atomic E-state index is 12.0. The number of hydrogen-bond acceptors (Lipinski definition) is 4. The quantitative estimate of drug-likeness (QED) is 0.352. The molecule has 0 aromatic carbocycles. The van der Waals surface area contributed by atoms with Crippen molar-refractivity contribution in [2.45, 2.75) is 36.9 Å². The van der Waals surface area contributed by atoms with Gasteiger partial charge in [-0.3, -0.25) is 9.59 Å². The second kappa shape index (κ2) is 11.3. The lowest BCUT2D eigenvalue weighted by Gasteiger charge is -2.45. The summed E-state index contributed by atoms with van der Waals surface area (Å²) < 4.78 is 0.302. The van der Waals surface area contributed by atoms with Crippen molar-refractivity contribution in [2.24, 2.45) is 4.99 Å². The Kier molecular flexibility index (Phi) is 10.2. The van der Waals surface area contributed by atoms with Crippen LogP contribution in [0.1, 0.15) is 32.1 Å². The number of rotatable bonds is 4. The second-order valence-electron chi connectivity index (χ2n) is 7.58. The smallest absolute Gasteiger partial charge is 0.243 e. The van der Waals surface area contributed by atoms with E-state index in [0.717, 1.165) is 18.8 Å². The molecule has 0 atom stereocenters. The number of guanidine groups is 1. The van der Waals surface area contributed by atoms with E-state index in [9.17, 15) is 9.59 Å². The van der Waals surface area contributed by atoms with Crippen molar-refractivity contribution >= 4 is 53.5 Å². The average Bonchev–Trinajstić information content (AvgIpc) is 2.61. The minimum Gasteiger partial charge on any atom is -0.347 e. The van der Waals surface area contributed by atoms with Gasteiger partial charge in [-0.15, -0.1) is 24.0 Å². The summed E-state index contributed by atoms with van der Waals surface area (Å²) in [6.45, 7) is 2.13. The fraction of sp³-hybridized carbons (Fsp3) is 0.833. The summed E-state index contributed by atoms with van der Waals surface area (Å²) >= 11 is 2.09. The van der Waals surface area contributed by atoms with Crippen molar-refractivity contribution < 1.29 is 9.59 Å². The summed E-state index contributed by atoms with van der Waals surface area (Å²) in [6, 6.07) is 0. The number of nitrogens with one attached hydrogen (secondary N) is 1. The van der Waals surface area contributed by atoms with Gasteiger partial charge >= 0.3 is 0 Å². The van der Waals surface area contributed by atoms with Crippen molar-refractivity contribution in [1.29, 1.82) is 0 Å². The third kappa shape index (κ3) is 7.32. The van der Waals surface area contributed by atoms with E-state index in [-0.39, 0.29) is 48.9 Å². The van der Waals surface area contributed by atoms with Crippen molar-refractivity contribution in [3.8, 4) is 0 Å². The molecule has 0 bridgehead atoms. The van der Waals surface area contributed by atoms with Gasteiger partial charge in [0.15, 0.2) is 5.96 Å². The second-order valence-corrected chi connectivity index (χ2v) is 9.15. The molecule has 27 heavy (non-hydrogen) atoms. The van der Waals surface area contributed by atoms with Crippen LogP contribution < -0.4 is 5.32 Å². The van der Waals surface area contributed by atoms with Gasteiger partial charge in [0, 0.05) is 51.8 Å². The largest absolute Gasteiger partial charge is 0.347 e. The fourth-order valence-corrected chi connectivity index (χ4v) is 4.96. The van der Waals surface area contributed by atoms with Crippen LogP contribution in [-0.2, 0) is 9.59 Å². The van der Waals surface area contributed by atoms with Crippen LogP contribution in [0, 0.1) is 0 Å². The molecule has 1 saturated heterocycles. The van der Waals surface area contributed by atoms with E-state index < -0.39 is 0 Å². The van der Waals surface area contributed by atoms with Crippen LogP contribution in [0.3, 0.4) is 0 Å². The molecule has 2 fully saturated rings. The van der Waals surface area contributed by atoms with Crippen molar-refractivity contribution in [1.82, 2.24) is 20.0 Å². The Hall–Kier alpha value is -0.710. The number of amides is 2. The number of likely N-dealkylation sites (N-methyl/N-ethyl adjacent to an activating group) is 2. The number of halogens is 1. The molecule has 2 amide bonds. The molecule has 0 unspecified atom stereocenters. The summed E-state index contributed by atoms with van der Waals surface area (Å²) in [5, 5.41) is 3.19. The van der Waals surface area contributed by atoms with Crippen LogP contribution in [0.15, 0.2) is 4.99 Å². The van der Waals surface area contributed by atoms with Gasteiger partial charge in [-0.2, -0.15) is 11.8 Å². The molecule has 1 N–H and O–H groups in total. The highest BCUT2D eigenvalue weighted by Crippen LogP contribution is 2.42. The van der Waals surface area contributed by atoms with E-state index in [0.29, 0.717) is 10.7 Å². The molecule has 0 aromatic heterocycles. The monoisotopic (exact) mass is 511 g/mol. The number of carbonyl (C=O) groups is 2. The third-order valence-corrected chi connectivity index (χ3v) is 6.61. The molecule has 1 heterocycles. The lowest BCUT2D eigenvalue weighted by molar-refractivity contribution is -0.127. The molecule has 156 valence electrons. The first-order valence-electron chi connectivity index (χ1n) is 9.40. The van der Waals surface area contributed by atoms with Crippen LogP contribution in [0.25, 0.3) is 0 Å². The van der Waals surface area contributed by atoms with Gasteiger partial charge < -0.3 is 20.0 Å². The Morgan fingerprint density at radius 1 is 1.07 bits per heavy atom. The third-order valence-electron chi connectivity index (χ3n) is 5.07. The zero-order valence-corrected chi connectivity index (χ0v) is 20.1. The number of thioether (sulfide) groups is 1. The van der Waals surface area contributed by atoms with Crippen molar-refractivity contribution in [3.05, 3.63) is 0 Å². The van der Waals surface area contributed by atoms with Gasteiger partial charge in [0.2, 0.25) is 11.8 Å². The highest BCUT2D eigenvalue weighted by molar-refractivity contribution is 14.0. The van der Waals surface area contributed by atoms with Crippen LogP contribution in [0.4, 0.5) is 0 Å². The molecule has 0 aromatic rings. The normalized spacial score (nSPS) is 19.3. The van der Waals surface area contributed by atoms with E-state index in [1.54, 1.807) is 38.0 Å². The molecule has 9 heteroatoms. The van der Waals surface area contributed by atoms with Crippen molar-refractivity contribution in [2.75, 3.05) is 60.1 Å². The zero-order chi connectivity index (χ0) is 19.2. The molecule has 2 rings (SSSR count). The summed E-state index contributed by atoms with van der Waals surface area (Å²) in [5.41, 5.74) is 0. The molecular formula is C18H34IN5O2S. The Balaban J connectivity index is 0.00000364. The number of aliphatic imine (C=N–C) groups is 1. The lowest BCUT2D eigenvalue weighted by atomic mass is 9.87. The van der Waals surface area contributed by atoms with E-state index in [2.05, 4.69) is 27.0 Å². The van der Waals surface area contributed by atoms with Gasteiger partial charge in [0.1, 0.15) is 6.54 Å². The van der Waals surface area contributed by atoms with Gasteiger partial charge in [-0.05, 0) is 12.8 Å². The number of carbonyl (C=O) groups excluding carboxylic acids is 2. The molecular weight excluding hydrogens is 477 g/mol. The SMILES string of the molecule is CN(C)C(=O)CN=C(NCC(=O)N(C)C)N1CCSC2(CCCCC2)C1.I. The van der Waals surface area contributed by atoms with Crippen LogP contribution in [-0.4, -0.2) is 97.3 Å². The summed E-state index contributed by atoms with van der Waals surface area (Å²) in [7, 11) is 6.94. The maximum atomic E-state index is 12.0. The summed E-state index contributed by atoms with van der Waals surface area (Å²) in [6.07, 6.45) is 6.40. The molecule has 1 aliphatic heterocycles. The van der Waals surface area contributed by atoms with Gasteiger partial charge in [-0.1, -0.05) is 19.3 Å². The Labute approximate surface area is 184 Å². The standard InChI is InChI=1S/C18H33N5O2S.HI/c1-21(2)15(24)12-19-17(20-13-16(25)22(3)4)23-10-11-26-18(14-23)8-6-5-7-9-18;/h5-14H2,1-4H3,(H,19,20);1H. The molecule has 1 spiro atoms. The summed E-state index contributed by atoms with van der Waals surface area (Å²) in [4.78, 5) is 33.8. The topological polar surface area (TPSA) is 68.2 Å². The number of nitrogens with zero attached hydrogens (tertiary/aromatic N) is 4. The minimum atomic E-state index is -0.0398. The fourth-order valence-electron chi connectivity index (χ4n) is 3.39. The van der Waals surface area contributed by atoms with E-state index in [1.807, 2.05) is 0 Å². The Bertz CT molecular complexity index is 530. The van der Waals surface area contributed by atoms with Gasteiger partial charge in [-0.25, -0.2) is 4.99 Å². The van der Waals surface area contributed by atoms with E-state index in [1.165, 1.54) is 32.1 Å². The van der Waals surface area contributed by atoms with Crippen LogP contribution in [0.2, 0.25) is 0 Å². The number of hydrogen-bond donors (Lipinski definition) is 1. The first-order chi connectivity index (χ1) is 12.3. The Morgan fingerprint density at radius 3 is 2.30 bits per heavy atom. The first-order valence-corrected chi connectivity index (χ1v) is 10.4. The molecule has 1 saturated carbocycles. The molecule has 2 aliphatic rings. The summed E-state index contributed by atoms with van der Waals surface area (Å²) in [5.74, 6) is 1.70. The predicted molar refractivity (Wildman–Crippen MR) is 123 cm³/mol. The van der Waals surface area contributed by atoms with Crippen molar-refractivity contribution in [3.63, 3.8) is 0 Å². The first kappa shape index (κ1) is 24.3. The minimum absolute atomic E-state index is 0. The van der Waals surface area contributed by atoms with E-state index in [4.69, 9.17) is 0 Å². The van der Waals surface area contributed by atoms with Gasteiger partial charge in [0.05, 0.1) is 6.54 Å². The van der Waals surface area contributed by atoms with Crippen LogP contribution in [0.5, 0.6) is 0 Å². The van der Waals surface area contributed by atoms with Crippen LogP contribution >= 0.6 is 35.7 Å². The van der Waals surface area contributed by atoms with E-state index >= 15 is 0 Å². The maximum Gasteiger partial charge on any atom is 0.243 e. The molecule has 0 radical (unpaired) electrons. The highest BCUT2D eigenvalue weighted by Gasteiger charge is 2.38. The lowest BCUT2D eigenvalue weighted by Crippen LogP contribution is -2.54. The van der Waals surface area contributed by atoms with Gasteiger partial charge in [0.25, 0.3) is 0 Å². The molecule has 1 aliphatic carbocycles.